The predicted octanol–water partition coefficient (Wildman–Crippen LogP) is 3.22. The lowest BCUT2D eigenvalue weighted by Crippen LogP contribution is -2.40. The molecule has 1 aliphatic heterocycles. The van der Waals surface area contributed by atoms with Crippen molar-refractivity contribution in [1.82, 2.24) is 9.97 Å². The molecule has 1 aliphatic rings. The minimum atomic E-state index is 0.349. The van der Waals surface area contributed by atoms with Crippen LogP contribution in [0.1, 0.15) is 70.3 Å². The van der Waals surface area contributed by atoms with Gasteiger partial charge >= 0.3 is 0 Å². The average Bonchev–Trinajstić information content (AvgIpc) is 2.47. The summed E-state index contributed by atoms with van der Waals surface area (Å²) in [6.07, 6.45) is 8.35. The van der Waals surface area contributed by atoms with Crippen LogP contribution < -0.4 is 10.6 Å². The molecule has 2 rings (SSSR count). The Labute approximate surface area is 122 Å². The molecule has 1 fully saturated rings. The van der Waals surface area contributed by atoms with Gasteiger partial charge in [0.15, 0.2) is 0 Å². The molecule has 1 unspecified atom stereocenters. The smallest absolute Gasteiger partial charge is 0.131 e. The molecule has 0 saturated carbocycles. The molecule has 0 aromatic carbocycles. The molecular formula is C16H28N4. The first-order valence-corrected chi connectivity index (χ1v) is 7.99. The van der Waals surface area contributed by atoms with E-state index < -0.39 is 0 Å². The molecule has 1 aromatic heterocycles. The zero-order valence-electron chi connectivity index (χ0n) is 13.1. The van der Waals surface area contributed by atoms with E-state index >= 15 is 0 Å². The van der Waals surface area contributed by atoms with Crippen molar-refractivity contribution in [3.05, 3.63) is 17.7 Å². The largest absolute Gasteiger partial charge is 0.366 e. The Morgan fingerprint density at radius 3 is 2.85 bits per heavy atom. The molecule has 20 heavy (non-hydrogen) atoms. The van der Waals surface area contributed by atoms with Crippen LogP contribution in [-0.4, -0.2) is 22.6 Å². The summed E-state index contributed by atoms with van der Waals surface area (Å²) in [7, 11) is 0. The lowest BCUT2D eigenvalue weighted by Gasteiger charge is -2.38. The number of hydrogen-bond donors (Lipinski definition) is 1. The van der Waals surface area contributed by atoms with Crippen molar-refractivity contribution < 1.29 is 0 Å². The van der Waals surface area contributed by atoms with Crippen LogP contribution >= 0.6 is 0 Å². The number of piperidine rings is 1. The number of anilines is 1. The fourth-order valence-electron chi connectivity index (χ4n) is 3.05. The minimum absolute atomic E-state index is 0.349. The Bertz CT molecular complexity index is 428. The van der Waals surface area contributed by atoms with Gasteiger partial charge in [-0.1, -0.05) is 27.2 Å². The van der Waals surface area contributed by atoms with Gasteiger partial charge in [0, 0.05) is 25.0 Å². The minimum Gasteiger partial charge on any atom is -0.366 e. The molecule has 2 N–H and O–H groups in total. The van der Waals surface area contributed by atoms with E-state index in [0.717, 1.165) is 23.8 Å². The highest BCUT2D eigenvalue weighted by molar-refractivity contribution is 5.50. The summed E-state index contributed by atoms with van der Waals surface area (Å²) < 4.78 is 0. The lowest BCUT2D eigenvalue weighted by molar-refractivity contribution is 0.432. The molecular weight excluding hydrogens is 248 g/mol. The molecule has 0 radical (unpaired) electrons. The van der Waals surface area contributed by atoms with Gasteiger partial charge in [0.1, 0.15) is 5.82 Å². The molecule has 112 valence electrons. The summed E-state index contributed by atoms with van der Waals surface area (Å²) >= 11 is 0. The average molecular weight is 276 g/mol. The summed E-state index contributed by atoms with van der Waals surface area (Å²) in [5.41, 5.74) is 8.10. The third kappa shape index (κ3) is 3.29. The van der Waals surface area contributed by atoms with E-state index in [1.54, 1.807) is 0 Å². The lowest BCUT2D eigenvalue weighted by atomic mass is 9.97. The van der Waals surface area contributed by atoms with Gasteiger partial charge in [-0.3, -0.25) is 0 Å². The van der Waals surface area contributed by atoms with Crippen molar-refractivity contribution in [2.75, 3.05) is 11.4 Å². The zero-order chi connectivity index (χ0) is 14.5. The van der Waals surface area contributed by atoms with Crippen LogP contribution in [0, 0.1) is 0 Å². The number of nitrogens with zero attached hydrogens (tertiary/aromatic N) is 3. The Kier molecular flexibility index (Phi) is 5.35. The fraction of sp³-hybridized carbons (Fsp3) is 0.750. The Hall–Kier alpha value is -1.16. The molecule has 0 bridgehead atoms. The summed E-state index contributed by atoms with van der Waals surface area (Å²) in [5.74, 6) is 1.25. The van der Waals surface area contributed by atoms with Crippen LogP contribution in [0.25, 0.3) is 0 Å². The molecule has 1 aromatic rings. The maximum absolute atomic E-state index is 5.93. The fourth-order valence-corrected chi connectivity index (χ4v) is 3.05. The first kappa shape index (κ1) is 15.2. The topological polar surface area (TPSA) is 55.0 Å². The second-order valence-electron chi connectivity index (χ2n) is 6.05. The highest BCUT2D eigenvalue weighted by atomic mass is 15.2. The highest BCUT2D eigenvalue weighted by Crippen LogP contribution is 2.29. The van der Waals surface area contributed by atoms with Crippen molar-refractivity contribution in [3.8, 4) is 0 Å². The van der Waals surface area contributed by atoms with E-state index in [2.05, 4.69) is 35.6 Å². The van der Waals surface area contributed by atoms with Crippen LogP contribution in [0.2, 0.25) is 0 Å². The van der Waals surface area contributed by atoms with Crippen LogP contribution in [0.15, 0.2) is 6.20 Å². The van der Waals surface area contributed by atoms with E-state index in [9.17, 15) is 0 Å². The monoisotopic (exact) mass is 276 g/mol. The van der Waals surface area contributed by atoms with Gasteiger partial charge in [-0.05, 0) is 25.7 Å². The Morgan fingerprint density at radius 1 is 1.40 bits per heavy atom. The van der Waals surface area contributed by atoms with E-state index in [4.69, 9.17) is 5.73 Å². The van der Waals surface area contributed by atoms with E-state index in [0.29, 0.717) is 18.5 Å². The molecule has 1 atom stereocenters. The van der Waals surface area contributed by atoms with Crippen molar-refractivity contribution >= 4 is 5.69 Å². The summed E-state index contributed by atoms with van der Waals surface area (Å²) in [5, 5.41) is 0. The van der Waals surface area contributed by atoms with Crippen LogP contribution in [-0.2, 0) is 6.54 Å². The Balaban J connectivity index is 2.29. The molecule has 4 nitrogen and oxygen atoms in total. The quantitative estimate of drug-likeness (QED) is 0.897. The van der Waals surface area contributed by atoms with Crippen molar-refractivity contribution in [2.45, 2.75) is 71.4 Å². The summed E-state index contributed by atoms with van der Waals surface area (Å²) in [6, 6.07) is 0.632. The van der Waals surface area contributed by atoms with Gasteiger partial charge in [0.05, 0.1) is 17.6 Å². The maximum Gasteiger partial charge on any atom is 0.131 e. The molecule has 0 aliphatic carbocycles. The summed E-state index contributed by atoms with van der Waals surface area (Å²) in [6.45, 7) is 8.11. The van der Waals surface area contributed by atoms with E-state index in [-0.39, 0.29) is 0 Å². The molecule has 1 saturated heterocycles. The number of aromatic nitrogens is 2. The Morgan fingerprint density at radius 2 is 2.20 bits per heavy atom. The molecule has 0 spiro atoms. The van der Waals surface area contributed by atoms with Gasteiger partial charge in [-0.15, -0.1) is 0 Å². The van der Waals surface area contributed by atoms with Gasteiger partial charge in [0.25, 0.3) is 0 Å². The van der Waals surface area contributed by atoms with Crippen LogP contribution in [0.3, 0.4) is 0 Å². The number of hydrogen-bond acceptors (Lipinski definition) is 4. The third-order valence-electron chi connectivity index (χ3n) is 4.13. The number of rotatable bonds is 5. The third-order valence-corrected chi connectivity index (χ3v) is 4.13. The molecule has 0 amide bonds. The maximum atomic E-state index is 5.93. The number of nitrogens with two attached hydrogens (primary N) is 1. The summed E-state index contributed by atoms with van der Waals surface area (Å²) in [4.78, 5) is 11.7. The van der Waals surface area contributed by atoms with Crippen LogP contribution in [0.5, 0.6) is 0 Å². The van der Waals surface area contributed by atoms with Gasteiger partial charge < -0.3 is 10.6 Å². The predicted molar refractivity (Wildman–Crippen MR) is 83.9 cm³/mol. The highest BCUT2D eigenvalue weighted by Gasteiger charge is 2.24. The standard InChI is InChI=1S/C16H28N4/c1-4-7-13-8-5-6-9-20(13)15-11-18-16(12(2)3)19-14(15)10-17/h11-13H,4-10,17H2,1-3H3. The van der Waals surface area contributed by atoms with Crippen LogP contribution in [0.4, 0.5) is 5.69 Å². The van der Waals surface area contributed by atoms with Gasteiger partial charge in [-0.25, -0.2) is 9.97 Å². The van der Waals surface area contributed by atoms with Crippen molar-refractivity contribution in [2.24, 2.45) is 5.73 Å². The first-order chi connectivity index (χ1) is 9.67. The second-order valence-corrected chi connectivity index (χ2v) is 6.05. The van der Waals surface area contributed by atoms with Crippen molar-refractivity contribution in [1.29, 1.82) is 0 Å². The van der Waals surface area contributed by atoms with Gasteiger partial charge in [0.2, 0.25) is 0 Å². The second kappa shape index (κ2) is 7.02. The normalized spacial score (nSPS) is 19.6. The first-order valence-electron chi connectivity index (χ1n) is 7.99. The molecule has 2 heterocycles. The van der Waals surface area contributed by atoms with Crippen molar-refractivity contribution in [3.63, 3.8) is 0 Å². The van der Waals surface area contributed by atoms with E-state index in [1.165, 1.54) is 32.1 Å². The molecule has 4 heteroatoms. The SMILES string of the molecule is CCCC1CCCCN1c1cnc(C(C)C)nc1CN. The van der Waals surface area contributed by atoms with E-state index in [1.807, 2.05) is 6.20 Å². The zero-order valence-corrected chi connectivity index (χ0v) is 13.1. The van der Waals surface area contributed by atoms with Gasteiger partial charge in [-0.2, -0.15) is 0 Å².